The van der Waals surface area contributed by atoms with E-state index in [1.807, 2.05) is 0 Å². The summed E-state index contributed by atoms with van der Waals surface area (Å²) < 4.78 is 5.29. The number of barbiturate groups is 1. The first-order valence-electron chi connectivity index (χ1n) is 13.9. The molecule has 10 nitrogen and oxygen atoms in total. The van der Waals surface area contributed by atoms with E-state index in [0.29, 0.717) is 57.9 Å². The van der Waals surface area contributed by atoms with Gasteiger partial charge in [-0.25, -0.2) is 4.79 Å². The van der Waals surface area contributed by atoms with Gasteiger partial charge >= 0.3 is 195 Å². The van der Waals surface area contributed by atoms with E-state index >= 15 is 0 Å². The van der Waals surface area contributed by atoms with Crippen molar-refractivity contribution in [2.24, 2.45) is 17.3 Å². The van der Waals surface area contributed by atoms with Crippen LogP contribution in [0.15, 0.2) is 10.5 Å². The Morgan fingerprint density at radius 1 is 0.895 bits per heavy atom. The second-order valence-electron chi connectivity index (χ2n) is 12.3. The minimum absolute atomic E-state index is 0.0270. The van der Waals surface area contributed by atoms with E-state index in [1.54, 1.807) is 11.9 Å². The van der Waals surface area contributed by atoms with Crippen molar-refractivity contribution in [1.29, 1.82) is 0 Å². The van der Waals surface area contributed by atoms with Crippen molar-refractivity contribution in [2.45, 2.75) is 75.8 Å². The Morgan fingerprint density at radius 3 is 2.13 bits per heavy atom. The second-order valence-corrected chi connectivity index (χ2v) is 12.8. The summed E-state index contributed by atoms with van der Waals surface area (Å²) in [7, 11) is 1.56. The van der Waals surface area contributed by atoms with Crippen molar-refractivity contribution in [3.8, 4) is 0 Å². The molecule has 2 spiro atoms. The molecule has 0 N–H and O–H groups in total. The van der Waals surface area contributed by atoms with Crippen molar-refractivity contribution in [3.63, 3.8) is 0 Å². The van der Waals surface area contributed by atoms with Gasteiger partial charge in [-0.3, -0.25) is 0 Å². The molecule has 6 aliphatic rings. The average molecular weight is 591 g/mol. The Balaban J connectivity index is 1.15. The molecule has 205 valence electrons. The number of hydrogen-bond donors (Lipinski definition) is 0. The molecule has 6 rings (SSSR count). The molecule has 3 heterocycles. The standard InChI is InChI=1S/C27H35N4O6Se/c1-28-23(34)27(30(24(28)35)11-18-12-37-13-18)15-26(16-27)8-6-19(7-9-26)31-22(33)20(14-38)21(32)29(25(31)36)10-17-4-2-3-5-17/h14,17-19H,2-13,15-16H2,1H3. The Bertz CT molecular complexity index is 1100. The molecule has 0 atom stereocenters. The van der Waals surface area contributed by atoms with Crippen LogP contribution < -0.4 is 0 Å². The van der Waals surface area contributed by atoms with E-state index in [4.69, 9.17) is 4.74 Å². The van der Waals surface area contributed by atoms with Gasteiger partial charge in [0.05, 0.1) is 13.2 Å². The van der Waals surface area contributed by atoms with Crippen molar-refractivity contribution >= 4 is 45.8 Å². The first kappa shape index (κ1) is 26.0. The van der Waals surface area contributed by atoms with Gasteiger partial charge in [0.25, 0.3) is 0 Å². The summed E-state index contributed by atoms with van der Waals surface area (Å²) in [5.74, 6) is -0.571. The van der Waals surface area contributed by atoms with Gasteiger partial charge in [-0.1, -0.05) is 0 Å². The van der Waals surface area contributed by atoms with Crippen molar-refractivity contribution < 1.29 is 28.7 Å². The molecular formula is C27H35N4O6Se. The molecule has 38 heavy (non-hydrogen) atoms. The second kappa shape index (κ2) is 9.45. The monoisotopic (exact) mass is 591 g/mol. The quantitative estimate of drug-likeness (QED) is 0.210. The van der Waals surface area contributed by atoms with Gasteiger partial charge in [0.2, 0.25) is 0 Å². The number of carbonyl (C=O) groups is 5. The maximum absolute atomic E-state index is 13.5. The van der Waals surface area contributed by atoms with Gasteiger partial charge in [0, 0.05) is 13.0 Å². The van der Waals surface area contributed by atoms with Crippen LogP contribution in [0.1, 0.15) is 64.2 Å². The fourth-order valence-corrected chi connectivity index (χ4v) is 8.27. The van der Waals surface area contributed by atoms with Crippen LogP contribution in [0, 0.1) is 17.3 Å². The zero-order valence-electron chi connectivity index (χ0n) is 21.9. The van der Waals surface area contributed by atoms with Gasteiger partial charge < -0.3 is 4.74 Å². The molecule has 7 amide bonds. The number of imide groups is 3. The summed E-state index contributed by atoms with van der Waals surface area (Å²) >= 11 is 2.68. The molecule has 0 aromatic carbocycles. The van der Waals surface area contributed by atoms with Crippen LogP contribution in [-0.2, 0) is 19.1 Å². The van der Waals surface area contributed by atoms with Crippen molar-refractivity contribution in [1.82, 2.24) is 19.6 Å². The van der Waals surface area contributed by atoms with Gasteiger partial charge in [-0.05, 0) is 0 Å². The summed E-state index contributed by atoms with van der Waals surface area (Å²) in [5, 5.41) is 0. The fourth-order valence-electron chi connectivity index (χ4n) is 7.84. The topological polar surface area (TPSA) is 108 Å². The van der Waals surface area contributed by atoms with Crippen LogP contribution in [0.3, 0.4) is 0 Å². The number of amides is 7. The van der Waals surface area contributed by atoms with Crippen LogP contribution in [0.25, 0.3) is 0 Å². The molecule has 3 aliphatic carbocycles. The van der Waals surface area contributed by atoms with Crippen molar-refractivity contribution in [3.05, 3.63) is 10.5 Å². The Hall–Kier alpha value is -2.23. The third-order valence-electron chi connectivity index (χ3n) is 10.00. The Morgan fingerprint density at radius 2 is 1.55 bits per heavy atom. The predicted molar refractivity (Wildman–Crippen MR) is 136 cm³/mol. The molecule has 0 aromatic rings. The molecule has 3 aliphatic heterocycles. The third-order valence-corrected chi connectivity index (χ3v) is 10.5. The Kier molecular flexibility index (Phi) is 6.47. The number of nitrogens with zero attached hydrogens (tertiary/aromatic N) is 4. The number of likely N-dealkylation sites (N-methyl/N-ethyl adjacent to an activating group) is 1. The van der Waals surface area contributed by atoms with E-state index in [2.05, 4.69) is 16.0 Å². The minimum atomic E-state index is -0.774. The summed E-state index contributed by atoms with van der Waals surface area (Å²) in [6, 6.07) is -0.994. The zero-order chi connectivity index (χ0) is 26.8. The fraction of sp³-hybridized carbons (Fsp3) is 0.741. The number of carbonyl (C=O) groups excluding carboxylic acids is 5. The first-order valence-corrected chi connectivity index (χ1v) is 14.9. The van der Waals surface area contributed by atoms with E-state index in [0.717, 1.165) is 38.5 Å². The van der Waals surface area contributed by atoms with Gasteiger partial charge in [0.1, 0.15) is 0 Å². The number of ether oxygens (including phenoxy) is 1. The van der Waals surface area contributed by atoms with E-state index < -0.39 is 23.4 Å². The molecule has 6 fully saturated rings. The molecular weight excluding hydrogens is 555 g/mol. The zero-order valence-corrected chi connectivity index (χ0v) is 23.6. The van der Waals surface area contributed by atoms with Crippen LogP contribution in [0.4, 0.5) is 9.59 Å². The average Bonchev–Trinajstić information content (AvgIpc) is 3.43. The number of urea groups is 2. The predicted octanol–water partition coefficient (Wildman–Crippen LogP) is 2.02. The number of hydrogen-bond acceptors (Lipinski definition) is 6. The summed E-state index contributed by atoms with van der Waals surface area (Å²) in [6.45, 7) is 2.14. The molecule has 0 bridgehead atoms. The maximum atomic E-state index is 13.5. The van der Waals surface area contributed by atoms with Crippen LogP contribution in [0.5, 0.6) is 0 Å². The molecule has 0 aromatic heterocycles. The third kappa shape index (κ3) is 3.87. The van der Waals surface area contributed by atoms with Gasteiger partial charge in [-0.2, -0.15) is 0 Å². The SMILES string of the molecule is CN1C(=O)N(CC2COC2)C2(CC3(CCC(N4C(=O)C(=C[Se])C(=O)N(CC5CCCC5)C4=O)CC3)C2)C1=O. The van der Waals surface area contributed by atoms with E-state index in [-0.39, 0.29) is 34.9 Å². The van der Waals surface area contributed by atoms with Crippen molar-refractivity contribution in [2.75, 3.05) is 33.4 Å². The normalized spacial score (nSPS) is 35.9. The molecule has 11 heteroatoms. The summed E-state index contributed by atoms with van der Waals surface area (Å²) in [5.41, 5.74) is -0.826. The number of rotatable bonds is 5. The summed E-state index contributed by atoms with van der Waals surface area (Å²) in [4.78, 5) is 72.9. The van der Waals surface area contributed by atoms with E-state index in [9.17, 15) is 24.0 Å². The van der Waals surface area contributed by atoms with E-state index in [1.165, 1.54) is 19.7 Å². The van der Waals surface area contributed by atoms with Crippen LogP contribution >= 0.6 is 0 Å². The van der Waals surface area contributed by atoms with Gasteiger partial charge in [0.15, 0.2) is 0 Å². The molecule has 0 unspecified atom stereocenters. The summed E-state index contributed by atoms with van der Waals surface area (Å²) in [6.07, 6.45) is 8.27. The van der Waals surface area contributed by atoms with Crippen LogP contribution in [-0.4, -0.2) is 110 Å². The molecule has 1 radical (unpaired) electrons. The van der Waals surface area contributed by atoms with Crippen LogP contribution in [0.2, 0.25) is 0 Å². The molecule has 3 saturated heterocycles. The molecule has 3 saturated carbocycles. The first-order chi connectivity index (χ1) is 18.2. The van der Waals surface area contributed by atoms with Gasteiger partial charge in [-0.15, -0.1) is 0 Å². The Labute approximate surface area is 230 Å².